The second kappa shape index (κ2) is 11.7. The summed E-state index contributed by atoms with van der Waals surface area (Å²) in [6.07, 6.45) is 4.32. The number of aryl methyl sites for hydroxylation is 1. The lowest BCUT2D eigenvalue weighted by molar-refractivity contribution is -0.137. The number of nitrogens with one attached hydrogen (secondary N) is 1. The Morgan fingerprint density at radius 3 is 2.41 bits per heavy atom. The van der Waals surface area contributed by atoms with Crippen molar-refractivity contribution in [1.29, 1.82) is 0 Å². The zero-order valence-electron chi connectivity index (χ0n) is 22.0. The topological polar surface area (TPSA) is 70.1 Å². The molecule has 2 aromatic heterocycles. The highest BCUT2D eigenvalue weighted by Crippen LogP contribution is 2.35. The predicted molar refractivity (Wildman–Crippen MR) is 143 cm³/mol. The van der Waals surface area contributed by atoms with E-state index in [1.807, 2.05) is 4.90 Å². The first-order valence-electron chi connectivity index (χ1n) is 13.6. The second-order valence-corrected chi connectivity index (χ2v) is 10.3. The Labute approximate surface area is 225 Å². The van der Waals surface area contributed by atoms with Gasteiger partial charge in [0.15, 0.2) is 5.82 Å². The molecule has 39 heavy (non-hydrogen) atoms. The Morgan fingerprint density at radius 1 is 0.949 bits per heavy atom. The summed E-state index contributed by atoms with van der Waals surface area (Å²) >= 11 is 0. The molecule has 0 atom stereocenters. The summed E-state index contributed by atoms with van der Waals surface area (Å²) in [6.45, 7) is 3.94. The fourth-order valence-corrected chi connectivity index (χ4v) is 5.35. The van der Waals surface area contributed by atoms with E-state index in [4.69, 9.17) is 0 Å². The number of rotatable bonds is 7. The minimum Gasteiger partial charge on any atom is -0.354 e. The number of pyridine rings is 1. The van der Waals surface area contributed by atoms with E-state index in [1.165, 1.54) is 50.4 Å². The van der Waals surface area contributed by atoms with Crippen LogP contribution in [0.4, 0.5) is 35.3 Å². The molecule has 3 aromatic rings. The molecule has 1 saturated heterocycles. The average Bonchev–Trinajstić information content (AvgIpc) is 2.94. The first kappa shape index (κ1) is 27.1. The van der Waals surface area contributed by atoms with Crippen molar-refractivity contribution < 1.29 is 17.6 Å². The third kappa shape index (κ3) is 6.57. The maximum Gasteiger partial charge on any atom is 0.419 e. The minimum absolute atomic E-state index is 0.0622. The van der Waals surface area contributed by atoms with E-state index in [2.05, 4.69) is 25.3 Å². The smallest absolute Gasteiger partial charge is 0.354 e. The molecule has 0 amide bonds. The van der Waals surface area contributed by atoms with Crippen molar-refractivity contribution in [3.63, 3.8) is 0 Å². The number of aromatic nitrogens is 4. The summed E-state index contributed by atoms with van der Waals surface area (Å²) in [4.78, 5) is 21.6. The molecule has 1 saturated carbocycles. The largest absolute Gasteiger partial charge is 0.419 e. The lowest BCUT2D eigenvalue weighted by Gasteiger charge is -2.36. The number of nitrogens with zero attached hydrogens (tertiary/aromatic N) is 6. The monoisotopic (exact) mass is 543 g/mol. The molecule has 1 aromatic carbocycles. The number of alkyl halides is 3. The number of hydrogen-bond acceptors (Lipinski definition) is 7. The summed E-state index contributed by atoms with van der Waals surface area (Å²) < 4.78 is 54.5. The highest BCUT2D eigenvalue weighted by atomic mass is 19.4. The molecule has 0 bridgehead atoms. The summed E-state index contributed by atoms with van der Waals surface area (Å²) in [5.41, 5.74) is 0.428. The van der Waals surface area contributed by atoms with Crippen LogP contribution < -0.4 is 15.1 Å². The van der Waals surface area contributed by atoms with Crippen LogP contribution >= 0.6 is 0 Å². The zero-order chi connectivity index (χ0) is 27.4. The highest BCUT2D eigenvalue weighted by molar-refractivity contribution is 5.60. The highest BCUT2D eigenvalue weighted by Gasteiger charge is 2.36. The number of benzene rings is 1. The van der Waals surface area contributed by atoms with Crippen LogP contribution in [0.2, 0.25) is 0 Å². The van der Waals surface area contributed by atoms with Crippen molar-refractivity contribution in [1.82, 2.24) is 19.9 Å². The Morgan fingerprint density at radius 2 is 1.69 bits per heavy atom. The molecule has 5 rings (SSSR count). The van der Waals surface area contributed by atoms with Gasteiger partial charge in [-0.25, -0.2) is 9.37 Å². The molecule has 1 N–H and O–H groups in total. The van der Waals surface area contributed by atoms with Gasteiger partial charge >= 0.3 is 6.18 Å². The van der Waals surface area contributed by atoms with Crippen LogP contribution in [-0.4, -0.2) is 52.7 Å². The van der Waals surface area contributed by atoms with E-state index >= 15 is 0 Å². The van der Waals surface area contributed by atoms with Crippen LogP contribution in [-0.2, 0) is 6.18 Å². The van der Waals surface area contributed by atoms with E-state index in [0.717, 1.165) is 19.0 Å². The van der Waals surface area contributed by atoms with Crippen molar-refractivity contribution in [3.8, 4) is 11.4 Å². The van der Waals surface area contributed by atoms with Crippen LogP contribution in [0.5, 0.6) is 0 Å². The maximum absolute atomic E-state index is 13.9. The van der Waals surface area contributed by atoms with E-state index in [0.29, 0.717) is 60.9 Å². The summed E-state index contributed by atoms with van der Waals surface area (Å²) in [7, 11) is 0. The fourth-order valence-electron chi connectivity index (χ4n) is 5.35. The molecule has 0 unspecified atom stereocenters. The van der Waals surface area contributed by atoms with Gasteiger partial charge < -0.3 is 15.1 Å². The quantitative estimate of drug-likeness (QED) is 0.361. The maximum atomic E-state index is 13.9. The molecule has 0 radical (unpaired) electrons. The van der Waals surface area contributed by atoms with Gasteiger partial charge in [-0.15, -0.1) is 0 Å². The summed E-state index contributed by atoms with van der Waals surface area (Å²) in [5.74, 6) is 1.65. The first-order chi connectivity index (χ1) is 18.8. The molecular weight excluding hydrogens is 510 g/mol. The van der Waals surface area contributed by atoms with E-state index in [9.17, 15) is 17.6 Å². The predicted octanol–water partition coefficient (Wildman–Crippen LogP) is 6.11. The van der Waals surface area contributed by atoms with E-state index < -0.39 is 11.7 Å². The van der Waals surface area contributed by atoms with Crippen molar-refractivity contribution in [2.24, 2.45) is 5.92 Å². The van der Waals surface area contributed by atoms with Crippen LogP contribution in [0.25, 0.3) is 11.4 Å². The SMILES string of the molecule is Cc1cc(-c2nc(NCCC3CCCCC3)nc(N3CCN(c4ncccc4C(F)(F)F)CC3)n2)ccc1F. The van der Waals surface area contributed by atoms with E-state index in [-0.39, 0.29) is 11.6 Å². The molecule has 3 heterocycles. The molecule has 2 aliphatic rings. The van der Waals surface area contributed by atoms with Gasteiger partial charge in [-0.2, -0.15) is 28.1 Å². The molecular formula is C28H33F4N7. The Balaban J connectivity index is 1.35. The molecule has 11 heteroatoms. The molecule has 7 nitrogen and oxygen atoms in total. The standard InChI is InChI=1S/C28H33F4N7/c1-19-18-21(9-10-23(19)29)24-35-26(34-13-11-20-6-3-2-4-7-20)37-27(36-24)39-16-14-38(15-17-39)25-22(28(30,31)32)8-5-12-33-25/h5,8-10,12,18,20H,2-4,6-7,11,13-17H2,1H3,(H,34,35,36,37). The van der Waals surface area contributed by atoms with Gasteiger partial charge in [0.25, 0.3) is 0 Å². The average molecular weight is 544 g/mol. The van der Waals surface area contributed by atoms with Crippen LogP contribution in [0.3, 0.4) is 0 Å². The molecule has 1 aliphatic carbocycles. The lowest BCUT2D eigenvalue weighted by Crippen LogP contribution is -2.48. The molecule has 208 valence electrons. The minimum atomic E-state index is -4.48. The van der Waals surface area contributed by atoms with Gasteiger partial charge in [0.2, 0.25) is 11.9 Å². The lowest BCUT2D eigenvalue weighted by atomic mass is 9.87. The molecule has 1 aliphatic heterocycles. The number of hydrogen-bond donors (Lipinski definition) is 1. The fraction of sp³-hybridized carbons (Fsp3) is 0.500. The van der Waals surface area contributed by atoms with Crippen molar-refractivity contribution in [2.45, 2.75) is 51.6 Å². The second-order valence-electron chi connectivity index (χ2n) is 10.3. The van der Waals surface area contributed by atoms with Crippen molar-refractivity contribution >= 4 is 17.7 Å². The van der Waals surface area contributed by atoms with Gasteiger partial charge in [-0.05, 0) is 55.2 Å². The third-order valence-electron chi connectivity index (χ3n) is 7.55. The van der Waals surface area contributed by atoms with Gasteiger partial charge in [0.05, 0.1) is 5.56 Å². The van der Waals surface area contributed by atoms with Crippen LogP contribution in [0.15, 0.2) is 36.5 Å². The Bertz CT molecular complexity index is 1270. The molecule has 2 fully saturated rings. The van der Waals surface area contributed by atoms with E-state index in [1.54, 1.807) is 24.0 Å². The zero-order valence-corrected chi connectivity index (χ0v) is 22.0. The summed E-state index contributed by atoms with van der Waals surface area (Å²) in [5, 5.41) is 3.36. The third-order valence-corrected chi connectivity index (χ3v) is 7.55. The Hall–Kier alpha value is -3.50. The van der Waals surface area contributed by atoms with Gasteiger partial charge in [0.1, 0.15) is 11.6 Å². The van der Waals surface area contributed by atoms with Crippen LogP contribution in [0.1, 0.15) is 49.7 Å². The Kier molecular flexibility index (Phi) is 8.13. The summed E-state index contributed by atoms with van der Waals surface area (Å²) in [6, 6.07) is 7.11. The van der Waals surface area contributed by atoms with Crippen molar-refractivity contribution in [3.05, 3.63) is 53.5 Å². The van der Waals surface area contributed by atoms with Crippen molar-refractivity contribution in [2.75, 3.05) is 47.8 Å². The number of halogens is 4. The first-order valence-corrected chi connectivity index (χ1v) is 13.6. The number of anilines is 3. The van der Waals surface area contributed by atoms with Gasteiger partial charge in [0, 0.05) is 44.5 Å². The van der Waals surface area contributed by atoms with Gasteiger partial charge in [-0.3, -0.25) is 0 Å². The van der Waals surface area contributed by atoms with Crippen LogP contribution in [0, 0.1) is 18.7 Å². The number of piperazine rings is 1. The molecule has 0 spiro atoms. The van der Waals surface area contributed by atoms with Gasteiger partial charge in [-0.1, -0.05) is 32.1 Å². The normalized spacial score (nSPS) is 16.9.